The first-order valence-electron chi connectivity index (χ1n) is 14.1. The maximum absolute atomic E-state index is 14.4. The van der Waals surface area contributed by atoms with E-state index in [1.807, 2.05) is 76.2 Å². The molecule has 39 heavy (non-hydrogen) atoms. The molecule has 0 bridgehead atoms. The van der Waals surface area contributed by atoms with Crippen LogP contribution in [-0.2, 0) is 20.9 Å². The van der Waals surface area contributed by atoms with Crippen LogP contribution in [0.25, 0.3) is 0 Å². The van der Waals surface area contributed by atoms with Crippen LogP contribution in [0, 0.1) is 19.8 Å². The van der Waals surface area contributed by atoms with Gasteiger partial charge in [-0.2, -0.15) is 0 Å². The quantitative estimate of drug-likeness (QED) is 0.392. The van der Waals surface area contributed by atoms with Crippen LogP contribution in [0.2, 0.25) is 0 Å². The first kappa shape index (κ1) is 30.2. The lowest BCUT2D eigenvalue weighted by Gasteiger charge is -2.44. The SMILES string of the molecule is CCC(C)C(NC(=O)OC(C)(C)C)C(=O)N(C1CCC1)C(C(=O)NCc1ccccc1)c1ccc(C)c(C)c1. The Kier molecular flexibility index (Phi) is 10.2. The summed E-state index contributed by atoms with van der Waals surface area (Å²) in [6.07, 6.45) is 2.68. The molecule has 2 aromatic carbocycles. The van der Waals surface area contributed by atoms with E-state index in [4.69, 9.17) is 4.74 Å². The summed E-state index contributed by atoms with van der Waals surface area (Å²) in [7, 11) is 0. The summed E-state index contributed by atoms with van der Waals surface area (Å²) in [5.74, 6) is -0.638. The van der Waals surface area contributed by atoms with E-state index < -0.39 is 23.8 Å². The number of alkyl carbamates (subject to hydrolysis) is 1. The molecule has 1 aliphatic rings. The van der Waals surface area contributed by atoms with Crippen LogP contribution in [0.15, 0.2) is 48.5 Å². The lowest BCUT2D eigenvalue weighted by Crippen LogP contribution is -2.59. The van der Waals surface area contributed by atoms with Gasteiger partial charge in [0.25, 0.3) is 0 Å². The number of nitrogens with one attached hydrogen (secondary N) is 2. The van der Waals surface area contributed by atoms with E-state index in [0.29, 0.717) is 13.0 Å². The van der Waals surface area contributed by atoms with Crippen LogP contribution in [0.3, 0.4) is 0 Å². The van der Waals surface area contributed by atoms with Gasteiger partial charge < -0.3 is 20.3 Å². The lowest BCUT2D eigenvalue weighted by molar-refractivity contribution is -0.148. The zero-order valence-electron chi connectivity index (χ0n) is 24.5. The third-order valence-electron chi connectivity index (χ3n) is 7.56. The van der Waals surface area contributed by atoms with Crippen molar-refractivity contribution in [3.63, 3.8) is 0 Å². The average Bonchev–Trinajstić information content (AvgIpc) is 2.85. The smallest absolute Gasteiger partial charge is 0.408 e. The highest BCUT2D eigenvalue weighted by Crippen LogP contribution is 2.35. The Morgan fingerprint density at radius 1 is 1.03 bits per heavy atom. The van der Waals surface area contributed by atoms with Gasteiger partial charge in [0.05, 0.1) is 0 Å². The predicted molar refractivity (Wildman–Crippen MR) is 154 cm³/mol. The molecular formula is C32H45N3O4. The Labute approximate surface area is 233 Å². The molecule has 0 aliphatic heterocycles. The van der Waals surface area contributed by atoms with Gasteiger partial charge in [-0.05, 0) is 82.1 Å². The molecule has 3 atom stereocenters. The summed E-state index contributed by atoms with van der Waals surface area (Å²) in [5.41, 5.74) is 3.23. The van der Waals surface area contributed by atoms with Crippen LogP contribution >= 0.6 is 0 Å². The van der Waals surface area contributed by atoms with Crippen molar-refractivity contribution < 1.29 is 19.1 Å². The highest BCUT2D eigenvalue weighted by atomic mass is 16.6. The van der Waals surface area contributed by atoms with Gasteiger partial charge in [-0.3, -0.25) is 9.59 Å². The van der Waals surface area contributed by atoms with Gasteiger partial charge in [0.1, 0.15) is 17.7 Å². The molecule has 1 fully saturated rings. The number of carbonyl (C=O) groups excluding carboxylic acids is 3. The van der Waals surface area contributed by atoms with E-state index in [1.165, 1.54) is 0 Å². The Balaban J connectivity index is 2.00. The number of carbonyl (C=O) groups is 3. The molecule has 0 aromatic heterocycles. The number of hydrogen-bond donors (Lipinski definition) is 2. The molecule has 1 saturated carbocycles. The fourth-order valence-electron chi connectivity index (χ4n) is 4.72. The van der Waals surface area contributed by atoms with E-state index >= 15 is 0 Å². The third kappa shape index (κ3) is 8.07. The zero-order valence-corrected chi connectivity index (χ0v) is 24.5. The van der Waals surface area contributed by atoms with Crippen LogP contribution in [0.5, 0.6) is 0 Å². The van der Waals surface area contributed by atoms with Gasteiger partial charge in [0.15, 0.2) is 0 Å². The molecule has 7 nitrogen and oxygen atoms in total. The normalized spacial score (nSPS) is 15.9. The summed E-state index contributed by atoms with van der Waals surface area (Å²) in [6, 6.07) is 13.9. The summed E-state index contributed by atoms with van der Waals surface area (Å²) < 4.78 is 5.50. The molecule has 0 radical (unpaired) electrons. The summed E-state index contributed by atoms with van der Waals surface area (Å²) >= 11 is 0. The fourth-order valence-corrected chi connectivity index (χ4v) is 4.72. The topological polar surface area (TPSA) is 87.7 Å². The first-order chi connectivity index (χ1) is 18.4. The lowest BCUT2D eigenvalue weighted by atomic mass is 9.86. The molecule has 212 valence electrons. The summed E-state index contributed by atoms with van der Waals surface area (Å²) in [5, 5.41) is 5.93. The fraction of sp³-hybridized carbons (Fsp3) is 0.531. The minimum absolute atomic E-state index is 0.0847. The molecule has 0 spiro atoms. The van der Waals surface area contributed by atoms with Crippen molar-refractivity contribution in [2.75, 3.05) is 0 Å². The van der Waals surface area contributed by atoms with Crippen LogP contribution < -0.4 is 10.6 Å². The Morgan fingerprint density at radius 2 is 1.69 bits per heavy atom. The molecule has 0 heterocycles. The van der Waals surface area contributed by atoms with Crippen molar-refractivity contribution in [2.24, 2.45) is 5.92 Å². The van der Waals surface area contributed by atoms with E-state index in [2.05, 4.69) is 10.6 Å². The second-order valence-electron chi connectivity index (χ2n) is 11.8. The van der Waals surface area contributed by atoms with Gasteiger partial charge in [-0.1, -0.05) is 68.8 Å². The number of aryl methyl sites for hydroxylation is 2. The van der Waals surface area contributed by atoms with Gasteiger partial charge in [-0.25, -0.2) is 4.79 Å². The van der Waals surface area contributed by atoms with Crippen molar-refractivity contribution in [1.29, 1.82) is 0 Å². The maximum Gasteiger partial charge on any atom is 0.408 e. The van der Waals surface area contributed by atoms with Gasteiger partial charge in [0.2, 0.25) is 11.8 Å². The van der Waals surface area contributed by atoms with Crippen molar-refractivity contribution in [1.82, 2.24) is 15.5 Å². The second-order valence-corrected chi connectivity index (χ2v) is 11.8. The number of ether oxygens (including phenoxy) is 1. The standard InChI is InChI=1S/C32H45N3O4/c1-8-21(2)27(34-31(38)39-32(5,6)7)30(37)35(26-15-12-16-26)28(25-18-17-22(3)23(4)19-25)29(36)33-20-24-13-10-9-11-14-24/h9-11,13-14,17-19,21,26-28H,8,12,15-16,20H2,1-7H3,(H,33,36)(H,34,38). The summed E-state index contributed by atoms with van der Waals surface area (Å²) in [4.78, 5) is 42.9. The zero-order chi connectivity index (χ0) is 28.7. The molecular weight excluding hydrogens is 490 g/mol. The largest absolute Gasteiger partial charge is 0.444 e. The number of rotatable bonds is 10. The molecule has 3 unspecified atom stereocenters. The molecule has 2 aromatic rings. The minimum Gasteiger partial charge on any atom is -0.444 e. The van der Waals surface area contributed by atoms with E-state index in [9.17, 15) is 14.4 Å². The van der Waals surface area contributed by atoms with Crippen molar-refractivity contribution in [3.8, 4) is 0 Å². The highest BCUT2D eigenvalue weighted by Gasteiger charge is 2.43. The first-order valence-corrected chi connectivity index (χ1v) is 14.1. The number of nitrogens with zero attached hydrogens (tertiary/aromatic N) is 1. The number of hydrogen-bond acceptors (Lipinski definition) is 4. The van der Waals surface area contributed by atoms with Gasteiger partial charge >= 0.3 is 6.09 Å². The maximum atomic E-state index is 14.4. The molecule has 3 rings (SSSR count). The van der Waals surface area contributed by atoms with E-state index in [0.717, 1.165) is 41.5 Å². The number of amides is 3. The van der Waals surface area contributed by atoms with E-state index in [1.54, 1.807) is 25.7 Å². The minimum atomic E-state index is -0.821. The van der Waals surface area contributed by atoms with E-state index in [-0.39, 0.29) is 23.8 Å². The second kappa shape index (κ2) is 13.1. The molecule has 2 N–H and O–H groups in total. The molecule has 3 amide bonds. The monoisotopic (exact) mass is 535 g/mol. The van der Waals surface area contributed by atoms with Crippen LogP contribution in [0.1, 0.15) is 88.6 Å². The van der Waals surface area contributed by atoms with Crippen molar-refractivity contribution in [2.45, 2.75) is 104 Å². The number of benzene rings is 2. The summed E-state index contributed by atoms with van der Waals surface area (Å²) in [6.45, 7) is 13.7. The third-order valence-corrected chi connectivity index (χ3v) is 7.56. The van der Waals surface area contributed by atoms with Gasteiger partial charge in [0, 0.05) is 12.6 Å². The Morgan fingerprint density at radius 3 is 2.23 bits per heavy atom. The molecule has 1 aliphatic carbocycles. The van der Waals surface area contributed by atoms with Crippen LogP contribution in [-0.4, -0.2) is 40.5 Å². The van der Waals surface area contributed by atoms with Crippen molar-refractivity contribution in [3.05, 3.63) is 70.8 Å². The predicted octanol–water partition coefficient (Wildman–Crippen LogP) is 5.98. The molecule has 7 heteroatoms. The Bertz CT molecular complexity index is 1140. The average molecular weight is 536 g/mol. The van der Waals surface area contributed by atoms with Crippen molar-refractivity contribution >= 4 is 17.9 Å². The highest BCUT2D eigenvalue weighted by molar-refractivity contribution is 5.92. The molecule has 0 saturated heterocycles. The van der Waals surface area contributed by atoms with Crippen LogP contribution in [0.4, 0.5) is 4.79 Å². The van der Waals surface area contributed by atoms with Gasteiger partial charge in [-0.15, -0.1) is 0 Å². The Hall–Kier alpha value is -3.35.